The van der Waals surface area contributed by atoms with Gasteiger partial charge in [0.1, 0.15) is 23.0 Å². The topological polar surface area (TPSA) is 107 Å². The molecule has 0 spiro atoms. The Morgan fingerprint density at radius 3 is 2.67 bits per heavy atom. The average molecular weight is 374 g/mol. The summed E-state index contributed by atoms with van der Waals surface area (Å²) in [5.74, 6) is -0.848. The number of phenolic OH excluding ortho intramolecular Hbond substituents is 2. The fraction of sp³-hybridized carbons (Fsp3) is 0.421. The first-order chi connectivity index (χ1) is 12.8. The number of nitrogens with zero attached hydrogens (tertiary/aromatic N) is 2. The lowest BCUT2D eigenvalue weighted by Crippen LogP contribution is -2.40. The third-order valence-electron chi connectivity index (χ3n) is 5.13. The fourth-order valence-electron chi connectivity index (χ4n) is 3.78. The van der Waals surface area contributed by atoms with E-state index in [1.807, 2.05) is 18.9 Å². The number of hydroxylamine groups is 1. The van der Waals surface area contributed by atoms with Crippen LogP contribution in [-0.2, 0) is 4.84 Å². The molecule has 0 aliphatic carbocycles. The second kappa shape index (κ2) is 6.56. The number of phenols is 2. The van der Waals surface area contributed by atoms with Crippen LogP contribution in [0.2, 0.25) is 0 Å². The fourth-order valence-corrected chi connectivity index (χ4v) is 3.78. The SMILES string of the molecule is CC1C=CN(c2cc(=O)c3c(O)cc(O)c([C@H]4CCN(C)C[C@H]4O)c3o2)O1. The van der Waals surface area contributed by atoms with Gasteiger partial charge in [-0.2, -0.15) is 5.06 Å². The molecule has 3 atom stereocenters. The van der Waals surface area contributed by atoms with Gasteiger partial charge in [-0.15, -0.1) is 0 Å². The van der Waals surface area contributed by atoms with Crippen molar-refractivity contribution in [1.82, 2.24) is 4.90 Å². The van der Waals surface area contributed by atoms with Crippen molar-refractivity contribution in [1.29, 1.82) is 0 Å². The third-order valence-corrected chi connectivity index (χ3v) is 5.13. The highest BCUT2D eigenvalue weighted by Crippen LogP contribution is 2.42. The summed E-state index contributed by atoms with van der Waals surface area (Å²) in [5.41, 5.74) is -0.0531. The molecule has 0 bridgehead atoms. The van der Waals surface area contributed by atoms with E-state index in [4.69, 9.17) is 9.25 Å². The van der Waals surface area contributed by atoms with E-state index in [1.165, 1.54) is 11.1 Å². The van der Waals surface area contributed by atoms with Crippen LogP contribution >= 0.6 is 0 Å². The highest BCUT2D eigenvalue weighted by atomic mass is 16.7. The van der Waals surface area contributed by atoms with Gasteiger partial charge in [0.05, 0.1) is 6.10 Å². The van der Waals surface area contributed by atoms with Gasteiger partial charge in [-0.1, -0.05) is 0 Å². The van der Waals surface area contributed by atoms with Crippen LogP contribution < -0.4 is 10.5 Å². The van der Waals surface area contributed by atoms with Gasteiger partial charge >= 0.3 is 0 Å². The zero-order valence-corrected chi connectivity index (χ0v) is 15.1. The van der Waals surface area contributed by atoms with E-state index in [0.29, 0.717) is 18.5 Å². The Bertz CT molecular complexity index is 969. The molecule has 1 aromatic carbocycles. The van der Waals surface area contributed by atoms with E-state index >= 15 is 0 Å². The van der Waals surface area contributed by atoms with Crippen LogP contribution in [0.4, 0.5) is 5.88 Å². The summed E-state index contributed by atoms with van der Waals surface area (Å²) in [7, 11) is 1.91. The highest BCUT2D eigenvalue weighted by molar-refractivity contribution is 5.89. The van der Waals surface area contributed by atoms with Gasteiger partial charge in [0, 0.05) is 36.4 Å². The normalized spacial score (nSPS) is 26.2. The lowest BCUT2D eigenvalue weighted by atomic mass is 9.85. The molecule has 3 heterocycles. The monoisotopic (exact) mass is 374 g/mol. The van der Waals surface area contributed by atoms with E-state index in [1.54, 1.807) is 12.3 Å². The summed E-state index contributed by atoms with van der Waals surface area (Å²) in [6, 6.07) is 2.37. The second-order valence-electron chi connectivity index (χ2n) is 7.18. The van der Waals surface area contributed by atoms with Crippen LogP contribution in [0.25, 0.3) is 11.0 Å². The van der Waals surface area contributed by atoms with Gasteiger partial charge in [-0.05, 0) is 33.0 Å². The number of piperidine rings is 1. The third kappa shape index (κ3) is 3.05. The predicted molar refractivity (Wildman–Crippen MR) is 98.8 cm³/mol. The molecule has 27 heavy (non-hydrogen) atoms. The average Bonchev–Trinajstić information content (AvgIpc) is 3.02. The van der Waals surface area contributed by atoms with Gasteiger partial charge in [0.15, 0.2) is 11.0 Å². The van der Waals surface area contributed by atoms with Crippen LogP contribution in [0.1, 0.15) is 24.8 Å². The summed E-state index contributed by atoms with van der Waals surface area (Å²) < 4.78 is 5.90. The summed E-state index contributed by atoms with van der Waals surface area (Å²) in [5, 5.41) is 32.6. The number of rotatable bonds is 2. The van der Waals surface area contributed by atoms with Crippen molar-refractivity contribution in [3.63, 3.8) is 0 Å². The Hall–Kier alpha value is -2.55. The maximum Gasteiger partial charge on any atom is 0.227 e. The molecule has 144 valence electrons. The molecule has 2 aliphatic heterocycles. The van der Waals surface area contributed by atoms with Gasteiger partial charge in [0.25, 0.3) is 0 Å². The quantitative estimate of drug-likeness (QED) is 0.728. The molecule has 1 saturated heterocycles. The molecule has 3 N–H and O–H groups in total. The molecule has 1 aromatic heterocycles. The van der Waals surface area contributed by atoms with Gasteiger partial charge in [-0.25, -0.2) is 0 Å². The van der Waals surface area contributed by atoms with Crippen LogP contribution in [0.3, 0.4) is 0 Å². The molecular formula is C19H22N2O6. The number of anilines is 1. The molecular weight excluding hydrogens is 352 g/mol. The molecule has 4 rings (SSSR count). The second-order valence-corrected chi connectivity index (χ2v) is 7.18. The number of aliphatic hydroxyl groups excluding tert-OH is 1. The first-order valence-corrected chi connectivity index (χ1v) is 8.88. The van der Waals surface area contributed by atoms with Gasteiger partial charge in [0.2, 0.25) is 5.88 Å². The number of β-amino-alcohol motifs (C(OH)–C–C–N with tert-alkyl or cyclic N) is 1. The number of fused-ring (bicyclic) bond motifs is 1. The van der Waals surface area contributed by atoms with E-state index in [2.05, 4.69) is 0 Å². The number of likely N-dealkylation sites (N-methyl/N-ethyl adjacent to an activating group) is 1. The molecule has 1 fully saturated rings. The summed E-state index contributed by atoms with van der Waals surface area (Å²) in [6.45, 7) is 3.00. The van der Waals surface area contributed by atoms with Crippen molar-refractivity contribution >= 4 is 16.9 Å². The summed E-state index contributed by atoms with van der Waals surface area (Å²) in [4.78, 5) is 20.2. The molecule has 8 heteroatoms. The van der Waals surface area contributed by atoms with E-state index in [9.17, 15) is 20.1 Å². The Kier molecular flexibility index (Phi) is 4.33. The summed E-state index contributed by atoms with van der Waals surface area (Å²) >= 11 is 0. The lowest BCUT2D eigenvalue weighted by molar-refractivity contribution is 0.0630. The number of hydrogen-bond acceptors (Lipinski definition) is 8. The Morgan fingerprint density at radius 2 is 2.00 bits per heavy atom. The molecule has 1 unspecified atom stereocenters. The molecule has 2 aromatic rings. The Balaban J connectivity index is 1.91. The van der Waals surface area contributed by atoms with Crippen molar-refractivity contribution in [2.75, 3.05) is 25.2 Å². The van der Waals surface area contributed by atoms with Gasteiger partial charge < -0.3 is 24.6 Å². The first kappa shape index (κ1) is 17.8. The number of hydrogen-bond donors (Lipinski definition) is 3. The first-order valence-electron chi connectivity index (χ1n) is 8.88. The molecule has 0 radical (unpaired) electrons. The Morgan fingerprint density at radius 1 is 1.22 bits per heavy atom. The predicted octanol–water partition coefficient (Wildman–Crippen LogP) is 1.64. The smallest absolute Gasteiger partial charge is 0.227 e. The largest absolute Gasteiger partial charge is 0.507 e. The number of benzene rings is 1. The van der Waals surface area contributed by atoms with Crippen LogP contribution in [0.5, 0.6) is 11.5 Å². The standard InChI is InChI=1S/C19H22N2O6/c1-10-3-6-21(27-10)16-8-14(24)18-13(23)7-12(22)17(19(18)26-16)11-4-5-20(2)9-15(11)25/h3,6-8,10-11,15,22-23,25H,4-5,9H2,1-2H3/t10?,11-,15+/m0/s1. The minimum atomic E-state index is -0.737. The maximum atomic E-state index is 12.7. The highest BCUT2D eigenvalue weighted by Gasteiger charge is 2.33. The Labute approximate surface area is 155 Å². The van der Waals surface area contributed by atoms with Crippen LogP contribution in [-0.4, -0.2) is 52.6 Å². The minimum absolute atomic E-state index is 0.0195. The number of likely N-dealkylation sites (tertiary alicyclic amines) is 1. The summed E-state index contributed by atoms with van der Waals surface area (Å²) in [6.07, 6.45) is 3.11. The number of aromatic hydroxyl groups is 2. The van der Waals surface area contributed by atoms with Crippen molar-refractivity contribution < 1.29 is 24.6 Å². The van der Waals surface area contributed by atoms with Crippen molar-refractivity contribution in [3.05, 3.63) is 40.2 Å². The molecule has 2 aliphatic rings. The maximum absolute atomic E-state index is 12.7. The zero-order chi connectivity index (χ0) is 19.3. The van der Waals surface area contributed by atoms with E-state index in [-0.39, 0.29) is 34.5 Å². The molecule has 8 nitrogen and oxygen atoms in total. The lowest BCUT2D eigenvalue weighted by Gasteiger charge is -2.34. The van der Waals surface area contributed by atoms with E-state index in [0.717, 1.165) is 12.6 Å². The van der Waals surface area contributed by atoms with Crippen molar-refractivity contribution in [2.45, 2.75) is 31.5 Å². The number of aliphatic hydroxyl groups is 1. The minimum Gasteiger partial charge on any atom is -0.507 e. The molecule has 0 amide bonds. The van der Waals surface area contributed by atoms with Crippen molar-refractivity contribution in [2.24, 2.45) is 0 Å². The van der Waals surface area contributed by atoms with Crippen LogP contribution in [0, 0.1) is 0 Å². The zero-order valence-electron chi connectivity index (χ0n) is 15.1. The van der Waals surface area contributed by atoms with Crippen molar-refractivity contribution in [3.8, 4) is 11.5 Å². The molecule has 0 saturated carbocycles. The van der Waals surface area contributed by atoms with E-state index < -0.39 is 17.5 Å². The van der Waals surface area contributed by atoms with Gasteiger partial charge in [-0.3, -0.25) is 9.63 Å². The van der Waals surface area contributed by atoms with Crippen LogP contribution in [0.15, 0.2) is 33.6 Å².